The summed E-state index contributed by atoms with van der Waals surface area (Å²) in [5.41, 5.74) is 0.228. The highest BCUT2D eigenvalue weighted by Crippen LogP contribution is 2.28. The minimum atomic E-state index is -4.33. The number of pyridine rings is 1. The van der Waals surface area contributed by atoms with Gasteiger partial charge < -0.3 is 5.11 Å². The van der Waals surface area contributed by atoms with Crippen LogP contribution in [0.3, 0.4) is 0 Å². The molecule has 7 heteroatoms. The van der Waals surface area contributed by atoms with E-state index in [0.29, 0.717) is 5.56 Å². The molecule has 0 unspecified atom stereocenters. The first-order chi connectivity index (χ1) is 8.87. The maximum atomic E-state index is 11.4. The number of rotatable bonds is 3. The van der Waals surface area contributed by atoms with Crippen molar-refractivity contribution >= 4 is 10.1 Å². The third-order valence-electron chi connectivity index (χ3n) is 2.54. The summed E-state index contributed by atoms with van der Waals surface area (Å²) in [6.45, 7) is 0. The minimum absolute atomic E-state index is 0.0479. The normalized spacial score (nSPS) is 11.4. The molecule has 2 aromatic rings. The van der Waals surface area contributed by atoms with Crippen molar-refractivity contribution in [1.82, 2.24) is 4.98 Å². The zero-order valence-corrected chi connectivity index (χ0v) is 10.5. The Morgan fingerprint density at radius 2 is 1.79 bits per heavy atom. The van der Waals surface area contributed by atoms with Gasteiger partial charge in [-0.15, -0.1) is 0 Å². The van der Waals surface area contributed by atoms with Gasteiger partial charge in [-0.3, -0.25) is 14.3 Å². The second-order valence-electron chi connectivity index (χ2n) is 3.97. The van der Waals surface area contributed by atoms with Crippen LogP contribution in [0.5, 0.6) is 5.88 Å². The van der Waals surface area contributed by atoms with Crippen LogP contribution in [0.1, 0.15) is 5.56 Å². The molecule has 100 valence electrons. The molecule has 0 aliphatic rings. The van der Waals surface area contributed by atoms with Crippen LogP contribution in [0.2, 0.25) is 0 Å². The fourth-order valence-electron chi connectivity index (χ4n) is 1.78. The summed E-state index contributed by atoms with van der Waals surface area (Å²) in [5.74, 6) is -1.34. The maximum Gasteiger partial charge on any atom is 0.269 e. The summed E-state index contributed by atoms with van der Waals surface area (Å²) >= 11 is 0. The molecule has 0 fully saturated rings. The Morgan fingerprint density at radius 3 is 2.37 bits per heavy atom. The number of nitrogens with one attached hydrogen (secondary N) is 1. The fraction of sp³-hybridized carbons (Fsp3) is 0.0833. The van der Waals surface area contributed by atoms with Crippen LogP contribution in [0, 0.1) is 0 Å². The highest BCUT2D eigenvalue weighted by molar-refractivity contribution is 7.85. The molecule has 0 aliphatic heterocycles. The topological polar surface area (TPSA) is 107 Å². The molecule has 3 N–H and O–H groups in total. The standard InChI is InChI=1S/C12H11NO5S/c14-11-6-9(8-4-2-1-3-5-8)10(12(15)13-11)7-19(16,17)18/h1-6H,7H2,(H2,13,14,15)(H,16,17,18). The van der Waals surface area contributed by atoms with Crippen molar-refractivity contribution in [1.29, 1.82) is 0 Å². The lowest BCUT2D eigenvalue weighted by molar-refractivity contribution is 0.442. The number of aromatic nitrogens is 1. The molecule has 0 bridgehead atoms. The number of aromatic hydroxyl groups is 1. The van der Waals surface area contributed by atoms with Gasteiger partial charge >= 0.3 is 0 Å². The molecule has 1 aromatic heterocycles. The van der Waals surface area contributed by atoms with E-state index in [4.69, 9.17) is 4.55 Å². The molecule has 0 atom stereocenters. The Kier molecular flexibility index (Phi) is 3.41. The van der Waals surface area contributed by atoms with Crippen molar-refractivity contribution in [2.24, 2.45) is 0 Å². The van der Waals surface area contributed by atoms with E-state index in [1.807, 2.05) is 0 Å². The van der Waals surface area contributed by atoms with E-state index < -0.39 is 27.3 Å². The van der Waals surface area contributed by atoms with E-state index in [9.17, 15) is 18.3 Å². The van der Waals surface area contributed by atoms with Crippen molar-refractivity contribution in [3.8, 4) is 17.0 Å². The Bertz CT molecular complexity index is 749. The highest BCUT2D eigenvalue weighted by Gasteiger charge is 2.17. The van der Waals surface area contributed by atoms with Gasteiger partial charge in [0.25, 0.3) is 15.7 Å². The van der Waals surface area contributed by atoms with Crippen LogP contribution < -0.4 is 5.56 Å². The Labute approximate surface area is 109 Å². The van der Waals surface area contributed by atoms with Crippen molar-refractivity contribution in [2.75, 3.05) is 0 Å². The van der Waals surface area contributed by atoms with Crippen LogP contribution >= 0.6 is 0 Å². The average molecular weight is 281 g/mol. The van der Waals surface area contributed by atoms with Crippen molar-refractivity contribution in [2.45, 2.75) is 5.75 Å². The van der Waals surface area contributed by atoms with Gasteiger partial charge in [-0.05, 0) is 11.1 Å². The third kappa shape index (κ3) is 3.21. The fourth-order valence-corrected chi connectivity index (χ4v) is 2.43. The van der Waals surface area contributed by atoms with Gasteiger partial charge in [-0.1, -0.05) is 30.3 Å². The quantitative estimate of drug-likeness (QED) is 0.731. The first kappa shape index (κ1) is 13.3. The lowest BCUT2D eigenvalue weighted by atomic mass is 10.0. The smallest absolute Gasteiger partial charge is 0.269 e. The third-order valence-corrected chi connectivity index (χ3v) is 3.19. The van der Waals surface area contributed by atoms with Gasteiger partial charge in [-0.2, -0.15) is 8.42 Å². The Balaban J connectivity index is 2.69. The van der Waals surface area contributed by atoms with E-state index >= 15 is 0 Å². The zero-order valence-electron chi connectivity index (χ0n) is 9.70. The highest BCUT2D eigenvalue weighted by atomic mass is 32.2. The zero-order chi connectivity index (χ0) is 14.0. The molecule has 0 saturated heterocycles. The van der Waals surface area contributed by atoms with Crippen LogP contribution in [-0.4, -0.2) is 23.1 Å². The van der Waals surface area contributed by atoms with Gasteiger partial charge in [0.15, 0.2) is 5.88 Å². The van der Waals surface area contributed by atoms with Gasteiger partial charge in [0.1, 0.15) is 5.75 Å². The molecule has 1 heterocycles. The largest absolute Gasteiger partial charge is 0.494 e. The van der Waals surface area contributed by atoms with Gasteiger partial charge in [-0.25, -0.2) is 0 Å². The maximum absolute atomic E-state index is 11.4. The van der Waals surface area contributed by atoms with Crippen molar-refractivity contribution in [3.63, 3.8) is 0 Å². The van der Waals surface area contributed by atoms with E-state index in [-0.39, 0.29) is 11.1 Å². The first-order valence-electron chi connectivity index (χ1n) is 5.32. The van der Waals surface area contributed by atoms with E-state index in [0.717, 1.165) is 0 Å². The second-order valence-corrected chi connectivity index (χ2v) is 5.42. The number of hydrogen-bond acceptors (Lipinski definition) is 4. The monoisotopic (exact) mass is 281 g/mol. The van der Waals surface area contributed by atoms with Crippen molar-refractivity contribution in [3.05, 3.63) is 52.3 Å². The van der Waals surface area contributed by atoms with Crippen molar-refractivity contribution < 1.29 is 18.1 Å². The minimum Gasteiger partial charge on any atom is -0.494 e. The van der Waals surface area contributed by atoms with Crippen LogP contribution in [-0.2, 0) is 15.9 Å². The number of H-pyrrole nitrogens is 1. The first-order valence-corrected chi connectivity index (χ1v) is 6.93. The average Bonchev–Trinajstić information content (AvgIpc) is 2.32. The molecule has 1 aromatic carbocycles. The van der Waals surface area contributed by atoms with Gasteiger partial charge in [0.2, 0.25) is 0 Å². The summed E-state index contributed by atoms with van der Waals surface area (Å²) in [4.78, 5) is 13.5. The van der Waals surface area contributed by atoms with E-state index in [1.165, 1.54) is 6.07 Å². The SMILES string of the molecule is O=c1cc(-c2ccccc2)c(CS(=O)(=O)O)c(O)[nH]1. The predicted molar refractivity (Wildman–Crippen MR) is 69.4 cm³/mol. The molecule has 6 nitrogen and oxygen atoms in total. The summed E-state index contributed by atoms with van der Waals surface area (Å²) < 4.78 is 30.9. The lowest BCUT2D eigenvalue weighted by Crippen LogP contribution is -2.10. The molecular formula is C12H11NO5S. The molecule has 0 radical (unpaired) electrons. The lowest BCUT2D eigenvalue weighted by Gasteiger charge is -2.09. The number of hydrogen-bond donors (Lipinski definition) is 3. The summed E-state index contributed by atoms with van der Waals surface area (Å²) in [5, 5.41) is 9.67. The van der Waals surface area contributed by atoms with Crippen LogP contribution in [0.4, 0.5) is 0 Å². The number of benzene rings is 1. The molecular weight excluding hydrogens is 270 g/mol. The molecule has 0 amide bonds. The van der Waals surface area contributed by atoms with Crippen LogP contribution in [0.15, 0.2) is 41.2 Å². The summed E-state index contributed by atoms with van der Waals surface area (Å²) in [7, 11) is -4.33. The Morgan fingerprint density at radius 1 is 1.16 bits per heavy atom. The predicted octanol–water partition coefficient (Wildman–Crippen LogP) is 1.14. The molecule has 2 rings (SSSR count). The van der Waals surface area contributed by atoms with Gasteiger partial charge in [0, 0.05) is 11.6 Å². The molecule has 19 heavy (non-hydrogen) atoms. The summed E-state index contributed by atoms with van der Waals surface area (Å²) in [6.07, 6.45) is 0. The molecule has 0 spiro atoms. The van der Waals surface area contributed by atoms with Crippen LogP contribution in [0.25, 0.3) is 11.1 Å². The summed E-state index contributed by atoms with van der Waals surface area (Å²) in [6, 6.07) is 9.70. The van der Waals surface area contributed by atoms with E-state index in [2.05, 4.69) is 4.98 Å². The van der Waals surface area contributed by atoms with E-state index in [1.54, 1.807) is 30.3 Å². The number of aromatic amines is 1. The van der Waals surface area contributed by atoms with Gasteiger partial charge in [0.05, 0.1) is 0 Å². The second kappa shape index (κ2) is 4.87. The Hall–Kier alpha value is -2.12. The molecule has 0 aliphatic carbocycles. The molecule has 0 saturated carbocycles.